The van der Waals surface area contributed by atoms with Gasteiger partial charge in [-0.1, -0.05) is 25.1 Å². The van der Waals surface area contributed by atoms with Crippen molar-refractivity contribution in [2.24, 2.45) is 5.92 Å². The highest BCUT2D eigenvalue weighted by molar-refractivity contribution is 6.05. The molecule has 4 rings (SSSR count). The summed E-state index contributed by atoms with van der Waals surface area (Å²) in [7, 11) is 0. The summed E-state index contributed by atoms with van der Waals surface area (Å²) in [5, 5.41) is 4.81. The Labute approximate surface area is 192 Å². The molecule has 2 N–H and O–H groups in total. The van der Waals surface area contributed by atoms with Gasteiger partial charge in [-0.3, -0.25) is 30.0 Å². The highest BCUT2D eigenvalue weighted by atomic mass is 19.1. The Morgan fingerprint density at radius 2 is 1.74 bits per heavy atom. The highest BCUT2D eigenvalue weighted by Crippen LogP contribution is 2.26. The van der Waals surface area contributed by atoms with Crippen LogP contribution >= 0.6 is 0 Å². The number of hydrogen-bond acceptors (Lipinski definition) is 5. The average Bonchev–Trinajstić information content (AvgIpc) is 3.20. The minimum atomic E-state index is -0.849. The van der Waals surface area contributed by atoms with Crippen LogP contribution in [0.25, 0.3) is 10.8 Å². The lowest BCUT2D eigenvalue weighted by molar-refractivity contribution is -0.126. The number of aryl methyl sites for hydroxylation is 1. The molecule has 0 aliphatic carbocycles. The van der Waals surface area contributed by atoms with Crippen LogP contribution in [0.3, 0.4) is 0 Å². The second kappa shape index (κ2) is 9.38. The maximum absolute atomic E-state index is 13.5. The summed E-state index contributed by atoms with van der Waals surface area (Å²) in [6.45, 7) is 2.08. The molecule has 0 radical (unpaired) electrons. The van der Waals surface area contributed by atoms with Crippen LogP contribution in [0.4, 0.5) is 14.5 Å². The Balaban J connectivity index is 1.48. The maximum atomic E-state index is 13.5. The number of nitrogens with zero attached hydrogens (tertiary/aromatic N) is 3. The quantitative estimate of drug-likeness (QED) is 0.554. The normalized spacial score (nSPS) is 15.6. The number of benzene rings is 2. The van der Waals surface area contributed by atoms with Crippen molar-refractivity contribution in [1.82, 2.24) is 20.6 Å². The predicted octanol–water partition coefficient (Wildman–Crippen LogP) is 1.90. The van der Waals surface area contributed by atoms with Crippen molar-refractivity contribution in [3.05, 3.63) is 70.1 Å². The van der Waals surface area contributed by atoms with Crippen molar-refractivity contribution < 1.29 is 23.2 Å². The molecule has 11 heteroatoms. The first-order valence-electron chi connectivity index (χ1n) is 10.6. The van der Waals surface area contributed by atoms with Crippen LogP contribution in [-0.4, -0.2) is 34.0 Å². The summed E-state index contributed by atoms with van der Waals surface area (Å²) in [5.41, 5.74) is 4.20. The molecule has 2 aromatic carbocycles. The molecule has 0 bridgehead atoms. The molecular formula is C23H21F2N5O4. The summed E-state index contributed by atoms with van der Waals surface area (Å²) in [6.07, 6.45) is 0.437. The van der Waals surface area contributed by atoms with Crippen molar-refractivity contribution >= 4 is 34.2 Å². The number of amides is 3. The molecule has 0 spiro atoms. The lowest BCUT2D eigenvalue weighted by atomic mass is 10.1. The van der Waals surface area contributed by atoms with Crippen molar-refractivity contribution in [3.63, 3.8) is 0 Å². The average molecular weight is 469 g/mol. The van der Waals surface area contributed by atoms with E-state index in [1.807, 2.05) is 6.92 Å². The van der Waals surface area contributed by atoms with E-state index in [1.54, 1.807) is 24.3 Å². The zero-order valence-electron chi connectivity index (χ0n) is 18.2. The zero-order valence-corrected chi connectivity index (χ0v) is 18.2. The van der Waals surface area contributed by atoms with Gasteiger partial charge >= 0.3 is 0 Å². The van der Waals surface area contributed by atoms with Crippen LogP contribution < -0.4 is 21.3 Å². The van der Waals surface area contributed by atoms with Crippen molar-refractivity contribution in [3.8, 4) is 0 Å². The first kappa shape index (κ1) is 23.0. The number of nitrogens with one attached hydrogen (secondary N) is 2. The van der Waals surface area contributed by atoms with E-state index in [4.69, 9.17) is 0 Å². The molecule has 2 heterocycles. The number of rotatable bonds is 5. The van der Waals surface area contributed by atoms with Crippen LogP contribution in [0, 0.1) is 17.6 Å². The van der Waals surface area contributed by atoms with E-state index in [1.165, 1.54) is 4.68 Å². The van der Waals surface area contributed by atoms with Gasteiger partial charge in [0.2, 0.25) is 11.8 Å². The maximum Gasteiger partial charge on any atom is 0.290 e. The SMILES string of the molecule is CCCn1nc(C(=O)NNC(=O)C2CC(=O)N(c3cc(F)cc(F)c3)C2)c2ccccc2c1=O. The molecule has 176 valence electrons. The van der Waals surface area contributed by atoms with Gasteiger partial charge in [0.1, 0.15) is 11.6 Å². The number of carbonyl (C=O) groups is 3. The van der Waals surface area contributed by atoms with Gasteiger partial charge in [0.05, 0.1) is 11.3 Å². The first-order valence-corrected chi connectivity index (χ1v) is 10.6. The Kier molecular flexibility index (Phi) is 6.35. The van der Waals surface area contributed by atoms with E-state index in [0.29, 0.717) is 29.8 Å². The number of carbonyl (C=O) groups excluding carboxylic acids is 3. The first-order chi connectivity index (χ1) is 16.3. The van der Waals surface area contributed by atoms with Crippen LogP contribution in [0.2, 0.25) is 0 Å². The van der Waals surface area contributed by atoms with E-state index >= 15 is 0 Å². The molecule has 3 amide bonds. The highest BCUT2D eigenvalue weighted by Gasteiger charge is 2.35. The van der Waals surface area contributed by atoms with Gasteiger partial charge in [-0.2, -0.15) is 5.10 Å². The molecule has 0 saturated carbocycles. The molecule has 1 fully saturated rings. The fraction of sp³-hybridized carbons (Fsp3) is 0.261. The predicted molar refractivity (Wildman–Crippen MR) is 119 cm³/mol. The summed E-state index contributed by atoms with van der Waals surface area (Å²) >= 11 is 0. The van der Waals surface area contributed by atoms with Crippen molar-refractivity contribution in [2.75, 3.05) is 11.4 Å². The number of hydrogen-bond donors (Lipinski definition) is 2. The van der Waals surface area contributed by atoms with E-state index in [2.05, 4.69) is 16.0 Å². The Morgan fingerprint density at radius 3 is 2.41 bits per heavy atom. The Morgan fingerprint density at radius 1 is 1.06 bits per heavy atom. The minimum absolute atomic E-state index is 0.00989. The number of hydrazine groups is 1. The number of fused-ring (bicyclic) bond motifs is 1. The van der Waals surface area contributed by atoms with Gasteiger partial charge in [-0.15, -0.1) is 0 Å². The van der Waals surface area contributed by atoms with Gasteiger partial charge in [0, 0.05) is 36.7 Å². The number of anilines is 1. The molecule has 34 heavy (non-hydrogen) atoms. The zero-order chi connectivity index (χ0) is 24.4. The van der Waals surface area contributed by atoms with E-state index in [9.17, 15) is 28.0 Å². The molecule has 1 aliphatic heterocycles. The molecule has 3 aromatic rings. The number of halogens is 2. The number of aromatic nitrogens is 2. The van der Waals surface area contributed by atoms with E-state index in [0.717, 1.165) is 17.0 Å². The van der Waals surface area contributed by atoms with Crippen molar-refractivity contribution in [2.45, 2.75) is 26.3 Å². The van der Waals surface area contributed by atoms with Gasteiger partial charge in [-0.25, -0.2) is 13.5 Å². The standard InChI is InChI=1S/C23H21F2N5O4/c1-2-7-30-23(34)18-6-4-3-5-17(18)20(28-30)22(33)27-26-21(32)13-8-19(31)29(12-13)16-10-14(24)9-15(25)11-16/h3-6,9-11,13H,2,7-8,12H2,1H3,(H,26,32)(H,27,33). The van der Waals surface area contributed by atoms with E-state index in [-0.39, 0.29) is 29.9 Å². The third-order valence-corrected chi connectivity index (χ3v) is 5.47. The second-order valence-corrected chi connectivity index (χ2v) is 7.90. The van der Waals surface area contributed by atoms with Gasteiger partial charge in [-0.05, 0) is 24.6 Å². The smallest absolute Gasteiger partial charge is 0.290 e. The molecule has 1 saturated heterocycles. The van der Waals surface area contributed by atoms with Crippen LogP contribution in [-0.2, 0) is 16.1 Å². The summed E-state index contributed by atoms with van der Waals surface area (Å²) in [6, 6.07) is 9.21. The summed E-state index contributed by atoms with van der Waals surface area (Å²) in [4.78, 5) is 51.4. The summed E-state index contributed by atoms with van der Waals surface area (Å²) < 4.78 is 28.2. The third-order valence-electron chi connectivity index (χ3n) is 5.47. The third kappa shape index (κ3) is 4.49. The Bertz CT molecular complexity index is 1340. The van der Waals surface area contributed by atoms with Gasteiger partial charge in [0.25, 0.3) is 11.5 Å². The monoisotopic (exact) mass is 469 g/mol. The molecule has 9 nitrogen and oxygen atoms in total. The van der Waals surface area contributed by atoms with Crippen LogP contribution in [0.5, 0.6) is 0 Å². The van der Waals surface area contributed by atoms with Crippen molar-refractivity contribution in [1.29, 1.82) is 0 Å². The Hall–Kier alpha value is -4.15. The fourth-order valence-corrected chi connectivity index (χ4v) is 3.87. The largest absolute Gasteiger partial charge is 0.311 e. The minimum Gasteiger partial charge on any atom is -0.311 e. The molecular weight excluding hydrogens is 448 g/mol. The molecule has 1 atom stereocenters. The van der Waals surface area contributed by atoms with Crippen LogP contribution in [0.1, 0.15) is 30.3 Å². The molecule has 1 aliphatic rings. The summed E-state index contributed by atoms with van der Waals surface area (Å²) in [5.74, 6) is -4.39. The van der Waals surface area contributed by atoms with Gasteiger partial charge in [0.15, 0.2) is 5.69 Å². The van der Waals surface area contributed by atoms with E-state index < -0.39 is 35.3 Å². The lowest BCUT2D eigenvalue weighted by Crippen LogP contribution is -2.46. The molecule has 1 unspecified atom stereocenters. The topological polar surface area (TPSA) is 113 Å². The molecule has 1 aromatic heterocycles. The van der Waals surface area contributed by atoms with Gasteiger partial charge < -0.3 is 4.90 Å². The lowest BCUT2D eigenvalue weighted by Gasteiger charge is -2.17. The fourth-order valence-electron chi connectivity index (χ4n) is 3.87. The van der Waals surface area contributed by atoms with Crippen LogP contribution in [0.15, 0.2) is 47.3 Å². The second-order valence-electron chi connectivity index (χ2n) is 7.90.